The average Bonchev–Trinajstić information content (AvgIpc) is 3.59. The summed E-state index contributed by atoms with van der Waals surface area (Å²) in [5.41, 5.74) is 12.7. The number of furan rings is 1. The Bertz CT molecular complexity index is 2400. The molecule has 9 rings (SSSR count). The lowest BCUT2D eigenvalue weighted by Crippen LogP contribution is -2.15. The van der Waals surface area contributed by atoms with Gasteiger partial charge in [0.15, 0.2) is 5.58 Å². The van der Waals surface area contributed by atoms with Gasteiger partial charge < -0.3 is 9.32 Å². The maximum absolute atomic E-state index is 6.75. The maximum Gasteiger partial charge on any atom is 0.159 e. The van der Waals surface area contributed by atoms with Crippen LogP contribution in [0.5, 0.6) is 0 Å². The van der Waals surface area contributed by atoms with Crippen LogP contribution in [0.4, 0.5) is 17.1 Å². The van der Waals surface area contributed by atoms with Crippen molar-refractivity contribution in [1.29, 1.82) is 0 Å². The molecular formula is C43H31NO. The van der Waals surface area contributed by atoms with Gasteiger partial charge in [-0.05, 0) is 80.6 Å². The van der Waals surface area contributed by atoms with Gasteiger partial charge in [0.1, 0.15) is 5.58 Å². The molecule has 0 saturated carbocycles. The zero-order valence-corrected chi connectivity index (χ0v) is 25.3. The molecule has 1 heterocycles. The van der Waals surface area contributed by atoms with Crippen molar-refractivity contribution < 1.29 is 4.42 Å². The summed E-state index contributed by atoms with van der Waals surface area (Å²) >= 11 is 0. The number of nitrogens with zero attached hydrogens (tertiary/aromatic N) is 1. The van der Waals surface area contributed by atoms with Crippen LogP contribution in [0.15, 0.2) is 156 Å². The molecule has 1 aliphatic rings. The number of rotatable bonds is 4. The number of anilines is 3. The van der Waals surface area contributed by atoms with Crippen molar-refractivity contribution in [1.82, 2.24) is 0 Å². The standard InChI is InChI=1S/C43H31NO/c1-43(2)37-17-9-8-15-34(37)36-27-32(24-25-38(36)43)44(31-22-19-29(20-23-31)28-11-4-3-5-12-28)39-18-10-16-35-41-33-14-7-6-13-30(33)21-26-40(41)45-42(35)39/h3-27H,1-2H3. The second-order valence-corrected chi connectivity index (χ2v) is 12.6. The quantitative estimate of drug-likeness (QED) is 0.207. The summed E-state index contributed by atoms with van der Waals surface area (Å²) in [5, 5.41) is 4.71. The Labute approximate surface area is 262 Å². The lowest BCUT2D eigenvalue weighted by atomic mass is 9.82. The highest BCUT2D eigenvalue weighted by atomic mass is 16.3. The Kier molecular flexibility index (Phi) is 5.58. The molecule has 214 valence electrons. The minimum absolute atomic E-state index is 0.0492. The fourth-order valence-electron chi connectivity index (χ4n) is 7.44. The molecule has 7 aromatic carbocycles. The Morgan fingerprint density at radius 3 is 2.07 bits per heavy atom. The van der Waals surface area contributed by atoms with E-state index in [0.29, 0.717) is 0 Å². The van der Waals surface area contributed by atoms with Crippen LogP contribution in [-0.4, -0.2) is 0 Å². The van der Waals surface area contributed by atoms with Crippen LogP contribution < -0.4 is 4.90 Å². The Morgan fingerprint density at radius 1 is 0.511 bits per heavy atom. The molecule has 45 heavy (non-hydrogen) atoms. The van der Waals surface area contributed by atoms with E-state index in [1.807, 2.05) is 0 Å². The van der Waals surface area contributed by atoms with Crippen LogP contribution in [-0.2, 0) is 5.41 Å². The summed E-state index contributed by atoms with van der Waals surface area (Å²) in [4.78, 5) is 2.36. The summed E-state index contributed by atoms with van der Waals surface area (Å²) in [6.07, 6.45) is 0. The molecule has 0 spiro atoms. The molecule has 0 aliphatic heterocycles. The van der Waals surface area contributed by atoms with E-state index in [-0.39, 0.29) is 5.41 Å². The zero-order valence-electron chi connectivity index (χ0n) is 25.3. The predicted octanol–water partition coefficient (Wildman–Crippen LogP) is 12.2. The molecule has 2 heteroatoms. The molecule has 0 atom stereocenters. The first kappa shape index (κ1) is 25.9. The van der Waals surface area contributed by atoms with Crippen molar-refractivity contribution >= 4 is 49.8 Å². The minimum atomic E-state index is -0.0492. The first-order valence-corrected chi connectivity index (χ1v) is 15.6. The van der Waals surface area contributed by atoms with Gasteiger partial charge in [0.05, 0.1) is 5.69 Å². The fourth-order valence-corrected chi connectivity index (χ4v) is 7.44. The van der Waals surface area contributed by atoms with Gasteiger partial charge in [-0.3, -0.25) is 0 Å². The van der Waals surface area contributed by atoms with Gasteiger partial charge in [0.25, 0.3) is 0 Å². The average molecular weight is 578 g/mol. The van der Waals surface area contributed by atoms with E-state index < -0.39 is 0 Å². The highest BCUT2D eigenvalue weighted by Crippen LogP contribution is 2.51. The van der Waals surface area contributed by atoms with E-state index in [4.69, 9.17) is 4.42 Å². The Morgan fingerprint density at radius 2 is 1.20 bits per heavy atom. The lowest BCUT2D eigenvalue weighted by molar-refractivity contribution is 0.660. The molecule has 0 fully saturated rings. The van der Waals surface area contributed by atoms with E-state index in [1.54, 1.807) is 0 Å². The van der Waals surface area contributed by atoms with Crippen molar-refractivity contribution in [3.8, 4) is 22.3 Å². The summed E-state index contributed by atoms with van der Waals surface area (Å²) in [6.45, 7) is 4.66. The zero-order chi connectivity index (χ0) is 30.1. The minimum Gasteiger partial charge on any atom is -0.454 e. The third-order valence-corrected chi connectivity index (χ3v) is 9.67. The van der Waals surface area contributed by atoms with Gasteiger partial charge in [-0.25, -0.2) is 0 Å². The second-order valence-electron chi connectivity index (χ2n) is 12.6. The number of para-hydroxylation sites is 1. The Hall–Kier alpha value is -5.60. The molecule has 0 N–H and O–H groups in total. The van der Waals surface area contributed by atoms with Crippen LogP contribution >= 0.6 is 0 Å². The molecule has 0 unspecified atom stereocenters. The van der Waals surface area contributed by atoms with E-state index >= 15 is 0 Å². The van der Waals surface area contributed by atoms with Gasteiger partial charge in [0, 0.05) is 27.6 Å². The van der Waals surface area contributed by atoms with E-state index in [1.165, 1.54) is 44.2 Å². The molecule has 8 aromatic rings. The highest BCUT2D eigenvalue weighted by molar-refractivity contribution is 6.21. The molecule has 0 amide bonds. The topological polar surface area (TPSA) is 16.4 Å². The first-order chi connectivity index (χ1) is 22.1. The summed E-state index contributed by atoms with van der Waals surface area (Å²) < 4.78 is 6.75. The highest BCUT2D eigenvalue weighted by Gasteiger charge is 2.35. The van der Waals surface area contributed by atoms with Gasteiger partial charge in [-0.15, -0.1) is 0 Å². The van der Waals surface area contributed by atoms with E-state index in [2.05, 4.69) is 170 Å². The molecule has 1 aromatic heterocycles. The van der Waals surface area contributed by atoms with Gasteiger partial charge >= 0.3 is 0 Å². The van der Waals surface area contributed by atoms with Crippen LogP contribution in [0.25, 0.3) is 55.0 Å². The van der Waals surface area contributed by atoms with Crippen molar-refractivity contribution in [3.05, 3.63) is 163 Å². The monoisotopic (exact) mass is 577 g/mol. The maximum atomic E-state index is 6.75. The lowest BCUT2D eigenvalue weighted by Gasteiger charge is -2.27. The van der Waals surface area contributed by atoms with Crippen molar-refractivity contribution in [2.45, 2.75) is 19.3 Å². The van der Waals surface area contributed by atoms with Crippen LogP contribution in [0, 0.1) is 0 Å². The summed E-state index contributed by atoms with van der Waals surface area (Å²) in [7, 11) is 0. The summed E-state index contributed by atoms with van der Waals surface area (Å²) in [5.74, 6) is 0. The predicted molar refractivity (Wildman–Crippen MR) is 189 cm³/mol. The van der Waals surface area contributed by atoms with Crippen LogP contribution in [0.1, 0.15) is 25.0 Å². The third-order valence-electron chi connectivity index (χ3n) is 9.67. The first-order valence-electron chi connectivity index (χ1n) is 15.6. The molecular weight excluding hydrogens is 546 g/mol. The molecule has 0 bridgehead atoms. The second kappa shape index (κ2) is 9.70. The van der Waals surface area contributed by atoms with Gasteiger partial charge in [-0.2, -0.15) is 0 Å². The third kappa shape index (κ3) is 3.89. The van der Waals surface area contributed by atoms with E-state index in [9.17, 15) is 0 Å². The number of fused-ring (bicyclic) bond motifs is 8. The summed E-state index contributed by atoms with van der Waals surface area (Å²) in [6, 6.07) is 54.6. The largest absolute Gasteiger partial charge is 0.454 e. The molecule has 0 saturated heterocycles. The normalized spacial score (nSPS) is 13.3. The van der Waals surface area contributed by atoms with Gasteiger partial charge in [-0.1, -0.05) is 129 Å². The molecule has 1 aliphatic carbocycles. The van der Waals surface area contributed by atoms with Crippen molar-refractivity contribution in [3.63, 3.8) is 0 Å². The molecule has 0 radical (unpaired) electrons. The SMILES string of the molecule is CC1(C)c2ccccc2-c2cc(N(c3ccc(-c4ccccc4)cc3)c3cccc4c3oc3ccc5ccccc5c34)ccc21. The number of hydrogen-bond acceptors (Lipinski definition) is 2. The van der Waals surface area contributed by atoms with Crippen molar-refractivity contribution in [2.24, 2.45) is 0 Å². The fraction of sp³-hybridized carbons (Fsp3) is 0.0698. The van der Waals surface area contributed by atoms with Gasteiger partial charge in [0.2, 0.25) is 0 Å². The smallest absolute Gasteiger partial charge is 0.159 e. The van der Waals surface area contributed by atoms with Crippen LogP contribution in [0.3, 0.4) is 0 Å². The number of hydrogen-bond donors (Lipinski definition) is 0. The van der Waals surface area contributed by atoms with Crippen molar-refractivity contribution in [2.75, 3.05) is 4.90 Å². The van der Waals surface area contributed by atoms with E-state index in [0.717, 1.165) is 39.0 Å². The molecule has 2 nitrogen and oxygen atoms in total. The Balaban J connectivity index is 1.29. The van der Waals surface area contributed by atoms with Crippen LogP contribution in [0.2, 0.25) is 0 Å². The number of benzene rings is 7.